The number of carbonyl (C=O) groups excluding carboxylic acids is 2. The molecule has 0 aliphatic carbocycles. The van der Waals surface area contributed by atoms with Crippen molar-refractivity contribution in [3.63, 3.8) is 0 Å². The van der Waals surface area contributed by atoms with Gasteiger partial charge in [-0.15, -0.1) is 0 Å². The Morgan fingerprint density at radius 2 is 1.93 bits per heavy atom. The Morgan fingerprint density at radius 3 is 2.70 bits per heavy atom. The zero-order valence-corrected chi connectivity index (χ0v) is 15.5. The zero-order valence-electron chi connectivity index (χ0n) is 15.5. The van der Waals surface area contributed by atoms with Crippen LogP contribution in [0.4, 0.5) is 5.69 Å². The molecule has 0 spiro atoms. The minimum absolute atomic E-state index is 0.0140. The van der Waals surface area contributed by atoms with Crippen LogP contribution in [0.5, 0.6) is 5.75 Å². The van der Waals surface area contributed by atoms with Crippen molar-refractivity contribution in [2.75, 3.05) is 18.0 Å². The predicted molar refractivity (Wildman–Crippen MR) is 103 cm³/mol. The van der Waals surface area contributed by atoms with Crippen LogP contribution in [0.25, 0.3) is 0 Å². The summed E-state index contributed by atoms with van der Waals surface area (Å²) >= 11 is 0. The maximum Gasteiger partial charge on any atom is 0.232 e. The van der Waals surface area contributed by atoms with Gasteiger partial charge in [0.1, 0.15) is 5.75 Å². The molecule has 5 nitrogen and oxygen atoms in total. The predicted octanol–water partition coefficient (Wildman–Crippen LogP) is 3.28. The third kappa shape index (κ3) is 3.29. The third-order valence-corrected chi connectivity index (χ3v) is 5.68. The Bertz CT molecular complexity index is 865. The molecule has 2 atom stereocenters. The molecule has 2 amide bonds. The van der Waals surface area contributed by atoms with Gasteiger partial charge in [0.2, 0.25) is 11.8 Å². The second-order valence-corrected chi connectivity index (χ2v) is 7.56. The van der Waals surface area contributed by atoms with Gasteiger partial charge in [-0.2, -0.15) is 0 Å². The van der Waals surface area contributed by atoms with Gasteiger partial charge >= 0.3 is 0 Å². The molecule has 140 valence electrons. The van der Waals surface area contributed by atoms with Crippen molar-refractivity contribution < 1.29 is 14.7 Å². The van der Waals surface area contributed by atoms with E-state index in [0.29, 0.717) is 31.2 Å². The summed E-state index contributed by atoms with van der Waals surface area (Å²) in [5.41, 5.74) is 2.68. The van der Waals surface area contributed by atoms with E-state index in [1.165, 1.54) is 0 Å². The highest BCUT2D eigenvalue weighted by molar-refractivity contribution is 6.01. The Balaban J connectivity index is 1.53. The van der Waals surface area contributed by atoms with Gasteiger partial charge in [0.15, 0.2) is 0 Å². The third-order valence-electron chi connectivity index (χ3n) is 5.68. The average Bonchev–Trinajstić information content (AvgIpc) is 3.03. The average molecular weight is 364 g/mol. The molecule has 2 aromatic rings. The SMILES string of the molecule is CC1CCN(C(=O)C2CC(=O)N(Cc3ccccc3)C2)c2c(O)cccc21. The number of carbonyl (C=O) groups is 2. The molecule has 2 unspecified atom stereocenters. The van der Waals surface area contributed by atoms with Crippen LogP contribution in [0.1, 0.15) is 36.8 Å². The maximum atomic E-state index is 13.2. The minimum atomic E-state index is -0.359. The number of para-hydroxylation sites is 1. The highest BCUT2D eigenvalue weighted by Gasteiger charge is 2.39. The zero-order chi connectivity index (χ0) is 19.0. The molecule has 0 radical (unpaired) electrons. The van der Waals surface area contributed by atoms with Crippen LogP contribution in [0.2, 0.25) is 0 Å². The van der Waals surface area contributed by atoms with E-state index in [1.807, 2.05) is 42.5 Å². The lowest BCUT2D eigenvalue weighted by molar-refractivity contribution is -0.128. The fourth-order valence-corrected chi connectivity index (χ4v) is 4.17. The van der Waals surface area contributed by atoms with E-state index in [-0.39, 0.29) is 29.9 Å². The van der Waals surface area contributed by atoms with Crippen molar-refractivity contribution in [1.29, 1.82) is 0 Å². The molecule has 5 heteroatoms. The van der Waals surface area contributed by atoms with E-state index in [1.54, 1.807) is 15.9 Å². The van der Waals surface area contributed by atoms with Crippen LogP contribution in [0.15, 0.2) is 48.5 Å². The van der Waals surface area contributed by atoms with Crippen LogP contribution >= 0.6 is 0 Å². The lowest BCUT2D eigenvalue weighted by Crippen LogP contribution is -2.41. The second-order valence-electron chi connectivity index (χ2n) is 7.56. The van der Waals surface area contributed by atoms with E-state index in [9.17, 15) is 14.7 Å². The van der Waals surface area contributed by atoms with Crippen LogP contribution in [-0.4, -0.2) is 34.9 Å². The number of amides is 2. The Labute approximate surface area is 159 Å². The molecule has 1 saturated heterocycles. The molecule has 4 rings (SSSR count). The van der Waals surface area contributed by atoms with E-state index in [4.69, 9.17) is 0 Å². The van der Waals surface area contributed by atoms with Crippen LogP contribution in [0, 0.1) is 5.92 Å². The van der Waals surface area contributed by atoms with Crippen LogP contribution in [-0.2, 0) is 16.1 Å². The van der Waals surface area contributed by atoms with E-state index < -0.39 is 0 Å². The standard InChI is InChI=1S/C22H24N2O3/c1-15-10-11-24(21-18(15)8-5-9-19(21)25)22(27)17-12-20(26)23(14-17)13-16-6-3-2-4-7-16/h2-9,15,17,25H,10-14H2,1H3. The number of fused-ring (bicyclic) bond motifs is 1. The first kappa shape index (κ1) is 17.6. The molecule has 27 heavy (non-hydrogen) atoms. The monoisotopic (exact) mass is 364 g/mol. The number of benzene rings is 2. The molecule has 2 aliphatic heterocycles. The lowest BCUT2D eigenvalue weighted by Gasteiger charge is -2.34. The first-order valence-corrected chi connectivity index (χ1v) is 9.49. The Kier molecular flexibility index (Phi) is 4.60. The Morgan fingerprint density at radius 1 is 1.15 bits per heavy atom. The van der Waals surface area contributed by atoms with Gasteiger partial charge < -0.3 is 14.9 Å². The quantitative estimate of drug-likeness (QED) is 0.909. The summed E-state index contributed by atoms with van der Waals surface area (Å²) in [6.07, 6.45) is 1.09. The number of nitrogens with zero attached hydrogens (tertiary/aromatic N) is 2. The number of anilines is 1. The van der Waals surface area contributed by atoms with E-state index >= 15 is 0 Å². The van der Waals surface area contributed by atoms with Gasteiger partial charge in [0.25, 0.3) is 0 Å². The molecule has 0 bridgehead atoms. The number of aromatic hydroxyl groups is 1. The van der Waals surface area contributed by atoms with Crippen LogP contribution in [0.3, 0.4) is 0 Å². The fraction of sp³-hybridized carbons (Fsp3) is 0.364. The topological polar surface area (TPSA) is 60.9 Å². The van der Waals surface area contributed by atoms with E-state index in [0.717, 1.165) is 17.5 Å². The summed E-state index contributed by atoms with van der Waals surface area (Å²) in [6, 6.07) is 15.2. The number of likely N-dealkylation sites (tertiary alicyclic amines) is 1. The highest BCUT2D eigenvalue weighted by atomic mass is 16.3. The van der Waals surface area contributed by atoms with Crippen molar-refractivity contribution in [2.45, 2.75) is 32.2 Å². The molecule has 1 fully saturated rings. The van der Waals surface area contributed by atoms with Crippen molar-refractivity contribution in [2.24, 2.45) is 5.92 Å². The molecular weight excluding hydrogens is 340 g/mol. The number of hydrogen-bond acceptors (Lipinski definition) is 3. The summed E-state index contributed by atoms with van der Waals surface area (Å²) in [4.78, 5) is 29.1. The van der Waals surface area contributed by atoms with Crippen LogP contribution < -0.4 is 4.90 Å². The van der Waals surface area contributed by atoms with Crippen molar-refractivity contribution in [1.82, 2.24) is 4.90 Å². The minimum Gasteiger partial charge on any atom is -0.506 e. The van der Waals surface area contributed by atoms with Gasteiger partial charge in [0.05, 0.1) is 11.6 Å². The van der Waals surface area contributed by atoms with Gasteiger partial charge in [-0.05, 0) is 29.5 Å². The number of rotatable bonds is 3. The smallest absolute Gasteiger partial charge is 0.232 e. The summed E-state index contributed by atoms with van der Waals surface area (Å²) in [5.74, 6) is 0.0320. The summed E-state index contributed by atoms with van der Waals surface area (Å²) in [6.45, 7) is 3.65. The van der Waals surface area contributed by atoms with Crippen molar-refractivity contribution in [3.8, 4) is 5.75 Å². The first-order valence-electron chi connectivity index (χ1n) is 9.49. The number of phenols is 1. The maximum absolute atomic E-state index is 13.2. The Hall–Kier alpha value is -2.82. The lowest BCUT2D eigenvalue weighted by atomic mass is 9.90. The number of hydrogen-bond donors (Lipinski definition) is 1. The van der Waals surface area contributed by atoms with Crippen molar-refractivity contribution >= 4 is 17.5 Å². The van der Waals surface area contributed by atoms with Crippen molar-refractivity contribution in [3.05, 3.63) is 59.7 Å². The fourth-order valence-electron chi connectivity index (χ4n) is 4.17. The highest BCUT2D eigenvalue weighted by Crippen LogP contribution is 2.42. The molecule has 2 aliphatic rings. The molecule has 0 saturated carbocycles. The second kappa shape index (κ2) is 7.06. The number of phenolic OH excluding ortho intramolecular Hbond substituents is 1. The summed E-state index contributed by atoms with van der Waals surface area (Å²) in [7, 11) is 0. The molecule has 0 aromatic heterocycles. The van der Waals surface area contributed by atoms with Gasteiger partial charge in [-0.25, -0.2) is 0 Å². The summed E-state index contributed by atoms with van der Waals surface area (Å²) < 4.78 is 0. The van der Waals surface area contributed by atoms with Gasteiger partial charge in [0, 0.05) is 26.1 Å². The molecular formula is C22H24N2O3. The molecule has 1 N–H and O–H groups in total. The normalized spacial score (nSPS) is 22.0. The van der Waals surface area contributed by atoms with Gasteiger partial charge in [-0.1, -0.05) is 49.4 Å². The molecule has 2 heterocycles. The first-order chi connectivity index (χ1) is 13.0. The molecule has 2 aromatic carbocycles. The van der Waals surface area contributed by atoms with Gasteiger partial charge in [-0.3, -0.25) is 9.59 Å². The largest absolute Gasteiger partial charge is 0.506 e. The van der Waals surface area contributed by atoms with E-state index in [2.05, 4.69) is 6.92 Å². The summed E-state index contributed by atoms with van der Waals surface area (Å²) in [5, 5.41) is 10.4.